The maximum Gasteiger partial charge on any atom is 0.251 e. The third kappa shape index (κ3) is 2.23. The number of hydrogen-bond donors (Lipinski definition) is 1. The van der Waals surface area contributed by atoms with Gasteiger partial charge in [0.1, 0.15) is 0 Å². The predicted octanol–water partition coefficient (Wildman–Crippen LogP) is 4.14. The van der Waals surface area contributed by atoms with Crippen LogP contribution in [0.3, 0.4) is 0 Å². The molecule has 3 nitrogen and oxygen atoms in total. The predicted molar refractivity (Wildman–Crippen MR) is 101 cm³/mol. The fourth-order valence-corrected chi connectivity index (χ4v) is 6.58. The minimum atomic E-state index is 0.133. The van der Waals surface area contributed by atoms with E-state index in [-0.39, 0.29) is 5.91 Å². The standard InChI is InChI=1S/C21H24N2OS/c24-20(22-19-14-5-9-23(10-6-14)21(19)7-8-21)16-4-3-15-11-17(13-1-2-13)25-18(15)12-16/h3-4,11-14,19H,1-2,5-10H2,(H,22,24). The summed E-state index contributed by atoms with van der Waals surface area (Å²) in [4.78, 5) is 17.1. The van der Waals surface area contributed by atoms with E-state index in [1.54, 1.807) is 0 Å². The minimum absolute atomic E-state index is 0.133. The second-order valence-electron chi connectivity index (χ2n) is 8.55. The molecule has 1 spiro atoms. The number of carbonyl (C=O) groups excluding carboxylic acids is 1. The SMILES string of the molecule is O=C(NC1C2CCN(CC2)C12CC2)c1ccc2cc(C3CC3)sc2c1. The van der Waals surface area contributed by atoms with Gasteiger partial charge in [-0.25, -0.2) is 0 Å². The molecule has 0 radical (unpaired) electrons. The fraction of sp³-hybridized carbons (Fsp3) is 0.571. The van der Waals surface area contributed by atoms with Crippen LogP contribution in [0.25, 0.3) is 10.1 Å². The molecule has 1 amide bonds. The van der Waals surface area contributed by atoms with E-state index in [2.05, 4.69) is 28.4 Å². The van der Waals surface area contributed by atoms with E-state index in [0.717, 1.165) is 11.5 Å². The van der Waals surface area contributed by atoms with Crippen molar-refractivity contribution in [1.29, 1.82) is 0 Å². The van der Waals surface area contributed by atoms with Crippen LogP contribution in [0.1, 0.15) is 59.7 Å². The molecule has 2 aliphatic carbocycles. The highest BCUT2D eigenvalue weighted by atomic mass is 32.1. The smallest absolute Gasteiger partial charge is 0.251 e. The molecular weight excluding hydrogens is 328 g/mol. The van der Waals surface area contributed by atoms with Crippen molar-refractivity contribution in [2.24, 2.45) is 5.92 Å². The molecule has 5 aliphatic rings. The molecule has 1 N–H and O–H groups in total. The molecule has 1 aromatic carbocycles. The van der Waals surface area contributed by atoms with Crippen molar-refractivity contribution in [2.45, 2.75) is 56.0 Å². The molecule has 1 atom stereocenters. The number of amides is 1. The molecule has 2 saturated carbocycles. The molecule has 2 bridgehead atoms. The Hall–Kier alpha value is -1.39. The molecule has 3 saturated heterocycles. The van der Waals surface area contributed by atoms with Crippen LogP contribution in [0, 0.1) is 5.92 Å². The van der Waals surface area contributed by atoms with Crippen LogP contribution in [0.5, 0.6) is 0 Å². The van der Waals surface area contributed by atoms with Gasteiger partial charge in [-0.1, -0.05) is 6.07 Å². The topological polar surface area (TPSA) is 32.3 Å². The zero-order chi connectivity index (χ0) is 16.6. The Bertz CT molecular complexity index is 856. The molecule has 130 valence electrons. The lowest BCUT2D eigenvalue weighted by atomic mass is 9.77. The third-order valence-corrected chi connectivity index (χ3v) is 8.31. The van der Waals surface area contributed by atoms with Crippen molar-refractivity contribution in [1.82, 2.24) is 10.2 Å². The molecule has 7 rings (SSSR count). The number of benzene rings is 1. The summed E-state index contributed by atoms with van der Waals surface area (Å²) in [5, 5.41) is 4.75. The molecule has 1 unspecified atom stereocenters. The van der Waals surface area contributed by atoms with Gasteiger partial charge in [-0.15, -0.1) is 11.3 Å². The van der Waals surface area contributed by atoms with Crippen LogP contribution in [0.2, 0.25) is 0 Å². The monoisotopic (exact) mass is 352 g/mol. The third-order valence-electron chi connectivity index (χ3n) is 7.05. The minimum Gasteiger partial charge on any atom is -0.347 e. The van der Waals surface area contributed by atoms with Crippen molar-refractivity contribution in [3.05, 3.63) is 34.7 Å². The maximum atomic E-state index is 13.0. The Morgan fingerprint density at radius 2 is 1.92 bits per heavy atom. The van der Waals surface area contributed by atoms with E-state index in [0.29, 0.717) is 17.5 Å². The van der Waals surface area contributed by atoms with E-state index < -0.39 is 0 Å². The van der Waals surface area contributed by atoms with Crippen molar-refractivity contribution >= 4 is 27.3 Å². The Morgan fingerprint density at radius 1 is 1.12 bits per heavy atom. The summed E-state index contributed by atoms with van der Waals surface area (Å²) in [6.07, 6.45) is 7.71. The molecule has 3 aliphatic heterocycles. The lowest BCUT2D eigenvalue weighted by Crippen LogP contribution is -2.65. The summed E-state index contributed by atoms with van der Waals surface area (Å²) in [6.45, 7) is 2.48. The lowest BCUT2D eigenvalue weighted by Gasteiger charge is -2.52. The number of thiophene rings is 1. The van der Waals surface area contributed by atoms with Gasteiger partial charge in [0.25, 0.3) is 5.91 Å². The highest BCUT2D eigenvalue weighted by Crippen LogP contribution is 2.53. The van der Waals surface area contributed by atoms with Gasteiger partial charge in [0.05, 0.1) is 6.04 Å². The molecule has 5 fully saturated rings. The van der Waals surface area contributed by atoms with Gasteiger partial charge >= 0.3 is 0 Å². The number of nitrogens with one attached hydrogen (secondary N) is 1. The van der Waals surface area contributed by atoms with Crippen LogP contribution in [-0.2, 0) is 0 Å². The number of piperidine rings is 3. The van der Waals surface area contributed by atoms with E-state index in [1.807, 2.05) is 17.4 Å². The number of carbonyl (C=O) groups is 1. The van der Waals surface area contributed by atoms with Crippen molar-refractivity contribution in [3.8, 4) is 0 Å². The number of fused-ring (bicyclic) bond motifs is 3. The number of hydrogen-bond acceptors (Lipinski definition) is 3. The average Bonchev–Trinajstić information content (AvgIpc) is 3.57. The average molecular weight is 353 g/mol. The van der Waals surface area contributed by atoms with Gasteiger partial charge in [-0.05, 0) is 87.0 Å². The van der Waals surface area contributed by atoms with E-state index >= 15 is 0 Å². The second-order valence-corrected chi connectivity index (χ2v) is 9.67. The van der Waals surface area contributed by atoms with Crippen molar-refractivity contribution in [2.75, 3.05) is 13.1 Å². The molecular formula is C21H24N2OS. The molecule has 1 aromatic heterocycles. The Kier molecular flexibility index (Phi) is 2.99. The second kappa shape index (κ2) is 5.08. The van der Waals surface area contributed by atoms with Crippen LogP contribution in [0.15, 0.2) is 24.3 Å². The van der Waals surface area contributed by atoms with Crippen molar-refractivity contribution < 1.29 is 4.79 Å². The Balaban J connectivity index is 1.27. The van der Waals surface area contributed by atoms with Gasteiger partial charge in [0, 0.05) is 20.7 Å². The summed E-state index contributed by atoms with van der Waals surface area (Å²) in [7, 11) is 0. The first-order valence-electron chi connectivity index (χ1n) is 9.82. The zero-order valence-corrected chi connectivity index (χ0v) is 15.3. The van der Waals surface area contributed by atoms with Crippen LogP contribution < -0.4 is 5.32 Å². The summed E-state index contributed by atoms with van der Waals surface area (Å²) in [5.41, 5.74) is 1.15. The molecule has 4 heterocycles. The summed E-state index contributed by atoms with van der Waals surface area (Å²) >= 11 is 1.88. The van der Waals surface area contributed by atoms with Gasteiger partial charge in [-0.3, -0.25) is 9.69 Å². The van der Waals surface area contributed by atoms with Gasteiger partial charge in [-0.2, -0.15) is 0 Å². The van der Waals surface area contributed by atoms with Gasteiger partial charge in [0.2, 0.25) is 0 Å². The van der Waals surface area contributed by atoms with E-state index in [1.165, 1.54) is 66.6 Å². The summed E-state index contributed by atoms with van der Waals surface area (Å²) in [5.74, 6) is 1.60. The number of rotatable bonds is 3. The molecule has 4 heteroatoms. The van der Waals surface area contributed by atoms with Crippen LogP contribution in [0.4, 0.5) is 0 Å². The zero-order valence-electron chi connectivity index (χ0n) is 14.5. The van der Waals surface area contributed by atoms with Crippen LogP contribution in [-0.4, -0.2) is 35.5 Å². The normalized spacial score (nSPS) is 32.2. The maximum absolute atomic E-state index is 13.0. The van der Waals surface area contributed by atoms with Crippen molar-refractivity contribution in [3.63, 3.8) is 0 Å². The fourth-order valence-electron chi connectivity index (χ4n) is 5.31. The quantitative estimate of drug-likeness (QED) is 0.900. The lowest BCUT2D eigenvalue weighted by molar-refractivity contribution is -0.00144. The Morgan fingerprint density at radius 3 is 2.64 bits per heavy atom. The van der Waals surface area contributed by atoms with Gasteiger partial charge < -0.3 is 5.32 Å². The number of nitrogens with zero attached hydrogens (tertiary/aromatic N) is 1. The first kappa shape index (κ1) is 14.7. The summed E-state index contributed by atoms with van der Waals surface area (Å²) in [6, 6.07) is 8.95. The van der Waals surface area contributed by atoms with Gasteiger partial charge in [0.15, 0.2) is 0 Å². The highest BCUT2D eigenvalue weighted by molar-refractivity contribution is 7.19. The first-order chi connectivity index (χ1) is 12.2. The molecule has 2 aromatic rings. The summed E-state index contributed by atoms with van der Waals surface area (Å²) < 4.78 is 1.27. The van der Waals surface area contributed by atoms with E-state index in [4.69, 9.17) is 0 Å². The Labute approximate surface area is 152 Å². The molecule has 25 heavy (non-hydrogen) atoms. The van der Waals surface area contributed by atoms with Crippen LogP contribution >= 0.6 is 11.3 Å². The first-order valence-corrected chi connectivity index (χ1v) is 10.6. The largest absolute Gasteiger partial charge is 0.347 e. The van der Waals surface area contributed by atoms with E-state index in [9.17, 15) is 4.79 Å². The highest BCUT2D eigenvalue weighted by Gasteiger charge is 2.60.